The van der Waals surface area contributed by atoms with Crippen LogP contribution in [0.4, 0.5) is 4.79 Å². The van der Waals surface area contributed by atoms with Crippen LogP contribution in [0.15, 0.2) is 23.8 Å². The summed E-state index contributed by atoms with van der Waals surface area (Å²) in [5, 5.41) is 18.6. The number of carbonyl (C=O) groups excluding carboxylic acids is 1. The number of nitriles is 1. The van der Waals surface area contributed by atoms with E-state index in [2.05, 4.69) is 26.5 Å². The van der Waals surface area contributed by atoms with Crippen LogP contribution in [0.2, 0.25) is 5.28 Å². The third kappa shape index (κ3) is 4.83. The van der Waals surface area contributed by atoms with Gasteiger partial charge in [0.2, 0.25) is 5.28 Å². The summed E-state index contributed by atoms with van der Waals surface area (Å²) in [4.78, 5) is 20.6. The Balaban J connectivity index is 1.88. The second kappa shape index (κ2) is 7.97. The summed E-state index contributed by atoms with van der Waals surface area (Å²) < 4.78 is 7.85. The van der Waals surface area contributed by atoms with E-state index in [1.807, 2.05) is 18.4 Å². The number of nitrogens with one attached hydrogen (secondary N) is 1. The summed E-state index contributed by atoms with van der Waals surface area (Å²) in [7, 11) is 0. The molecule has 3 heterocycles. The maximum atomic E-state index is 12.0. The molecule has 1 atom stereocenters. The summed E-state index contributed by atoms with van der Waals surface area (Å²) >= 11 is 7.58. The molecule has 0 saturated carbocycles. The van der Waals surface area contributed by atoms with Crippen LogP contribution in [0.3, 0.4) is 0 Å². The van der Waals surface area contributed by atoms with E-state index in [1.54, 1.807) is 37.8 Å². The molecular weight excluding hydrogens is 412 g/mol. The first-order chi connectivity index (χ1) is 13.6. The minimum atomic E-state index is -0.769. The SMILES string of the molecule is CC(C)(C)OC(=O)NCC(C)(CC#N)n1cc(-c2nc(Cl)nc3ccsc23)cn1. The summed E-state index contributed by atoms with van der Waals surface area (Å²) in [6.07, 6.45) is 3.06. The number of halogens is 1. The number of hydrogen-bond acceptors (Lipinski definition) is 7. The Morgan fingerprint density at radius 2 is 2.14 bits per heavy atom. The van der Waals surface area contributed by atoms with Gasteiger partial charge in [-0.3, -0.25) is 4.68 Å². The van der Waals surface area contributed by atoms with Crippen molar-refractivity contribution in [1.29, 1.82) is 5.26 Å². The Kier molecular flexibility index (Phi) is 5.78. The third-order valence-corrected chi connectivity index (χ3v) is 5.24. The molecule has 0 aliphatic carbocycles. The Bertz CT molecular complexity index is 1080. The number of aromatic nitrogens is 4. The molecular formula is C19H21ClN6O2S. The molecule has 3 aromatic heterocycles. The van der Waals surface area contributed by atoms with Crippen molar-refractivity contribution in [2.24, 2.45) is 0 Å². The normalized spacial score (nSPS) is 13.7. The van der Waals surface area contributed by atoms with Gasteiger partial charge in [0.25, 0.3) is 0 Å². The molecule has 1 unspecified atom stereocenters. The van der Waals surface area contributed by atoms with Crippen molar-refractivity contribution in [3.8, 4) is 17.3 Å². The smallest absolute Gasteiger partial charge is 0.407 e. The fraction of sp³-hybridized carbons (Fsp3) is 0.421. The predicted molar refractivity (Wildman–Crippen MR) is 112 cm³/mol. The van der Waals surface area contributed by atoms with E-state index in [0.717, 1.165) is 15.8 Å². The van der Waals surface area contributed by atoms with Gasteiger partial charge in [0.05, 0.1) is 40.1 Å². The van der Waals surface area contributed by atoms with Gasteiger partial charge < -0.3 is 10.1 Å². The number of fused-ring (bicyclic) bond motifs is 1. The zero-order chi connectivity index (χ0) is 21.2. The van der Waals surface area contributed by atoms with E-state index >= 15 is 0 Å². The van der Waals surface area contributed by atoms with Crippen LogP contribution in [0.1, 0.15) is 34.1 Å². The first-order valence-electron chi connectivity index (χ1n) is 8.91. The second-order valence-electron chi connectivity index (χ2n) is 7.84. The topological polar surface area (TPSA) is 106 Å². The Morgan fingerprint density at radius 1 is 1.38 bits per heavy atom. The van der Waals surface area contributed by atoms with Gasteiger partial charge in [0.1, 0.15) is 5.60 Å². The summed E-state index contributed by atoms with van der Waals surface area (Å²) in [6, 6.07) is 4.05. The fourth-order valence-corrected chi connectivity index (χ4v) is 3.76. The van der Waals surface area contributed by atoms with E-state index in [9.17, 15) is 10.1 Å². The van der Waals surface area contributed by atoms with Crippen LogP contribution in [-0.4, -0.2) is 38.0 Å². The lowest BCUT2D eigenvalue weighted by Gasteiger charge is -2.28. The molecule has 3 rings (SSSR count). The number of carbonyl (C=O) groups is 1. The lowest BCUT2D eigenvalue weighted by atomic mass is 9.99. The number of amides is 1. The summed E-state index contributed by atoms with van der Waals surface area (Å²) in [5.41, 5.74) is 0.829. The van der Waals surface area contributed by atoms with E-state index in [-0.39, 0.29) is 18.2 Å². The summed E-state index contributed by atoms with van der Waals surface area (Å²) in [6.45, 7) is 7.39. The van der Waals surface area contributed by atoms with Crippen molar-refractivity contribution in [3.05, 3.63) is 29.1 Å². The first kappa shape index (κ1) is 21.0. The number of thiophene rings is 1. The molecule has 0 saturated heterocycles. The Labute approximate surface area is 177 Å². The molecule has 152 valence electrons. The zero-order valence-electron chi connectivity index (χ0n) is 16.6. The van der Waals surface area contributed by atoms with Gasteiger partial charge in [0, 0.05) is 18.3 Å². The quantitative estimate of drug-likeness (QED) is 0.600. The highest BCUT2D eigenvalue weighted by atomic mass is 35.5. The van der Waals surface area contributed by atoms with Crippen LogP contribution < -0.4 is 5.32 Å². The lowest BCUT2D eigenvalue weighted by molar-refractivity contribution is 0.0503. The van der Waals surface area contributed by atoms with Gasteiger partial charge in [-0.05, 0) is 50.7 Å². The van der Waals surface area contributed by atoms with Crippen LogP contribution >= 0.6 is 22.9 Å². The lowest BCUT2D eigenvalue weighted by Crippen LogP contribution is -2.44. The Morgan fingerprint density at radius 3 is 2.83 bits per heavy atom. The van der Waals surface area contributed by atoms with Gasteiger partial charge in [-0.15, -0.1) is 11.3 Å². The van der Waals surface area contributed by atoms with Crippen molar-refractivity contribution in [2.75, 3.05) is 6.54 Å². The van der Waals surface area contributed by atoms with Gasteiger partial charge in [-0.2, -0.15) is 10.4 Å². The van der Waals surface area contributed by atoms with Crippen LogP contribution in [0, 0.1) is 11.3 Å². The van der Waals surface area contributed by atoms with Crippen molar-refractivity contribution < 1.29 is 9.53 Å². The Hall–Kier alpha value is -2.70. The maximum absolute atomic E-state index is 12.0. The first-order valence-corrected chi connectivity index (χ1v) is 10.2. The highest BCUT2D eigenvalue weighted by Gasteiger charge is 2.30. The average molecular weight is 433 g/mol. The standard InChI is InChI=1S/C19H21ClN6O2S/c1-18(2,3)28-17(27)22-11-19(4,6-7-21)26-10-12(9-23-26)14-15-13(5-8-29-15)24-16(20)25-14/h5,8-10H,6,11H2,1-4H3,(H,22,27). The van der Waals surface area contributed by atoms with Crippen LogP contribution in [-0.2, 0) is 10.3 Å². The highest BCUT2D eigenvalue weighted by molar-refractivity contribution is 7.17. The van der Waals surface area contributed by atoms with E-state index < -0.39 is 17.2 Å². The van der Waals surface area contributed by atoms with Gasteiger partial charge in [-0.1, -0.05) is 0 Å². The molecule has 29 heavy (non-hydrogen) atoms. The van der Waals surface area contributed by atoms with E-state index in [4.69, 9.17) is 16.3 Å². The van der Waals surface area contributed by atoms with Crippen molar-refractivity contribution in [1.82, 2.24) is 25.1 Å². The van der Waals surface area contributed by atoms with Crippen molar-refractivity contribution >= 4 is 39.2 Å². The second-order valence-corrected chi connectivity index (χ2v) is 9.09. The minimum absolute atomic E-state index is 0.142. The van der Waals surface area contributed by atoms with Crippen molar-refractivity contribution in [2.45, 2.75) is 45.3 Å². The predicted octanol–water partition coefficient (Wildman–Crippen LogP) is 4.36. The zero-order valence-corrected chi connectivity index (χ0v) is 18.1. The number of hydrogen-bond donors (Lipinski definition) is 1. The summed E-state index contributed by atoms with van der Waals surface area (Å²) in [5.74, 6) is 0. The number of nitrogens with zero attached hydrogens (tertiary/aromatic N) is 5. The van der Waals surface area contributed by atoms with Gasteiger partial charge >= 0.3 is 6.09 Å². The maximum Gasteiger partial charge on any atom is 0.407 e. The molecule has 0 aliphatic heterocycles. The van der Waals surface area contributed by atoms with Crippen LogP contribution in [0.5, 0.6) is 0 Å². The van der Waals surface area contributed by atoms with Gasteiger partial charge in [-0.25, -0.2) is 14.8 Å². The van der Waals surface area contributed by atoms with Crippen LogP contribution in [0.25, 0.3) is 21.5 Å². The van der Waals surface area contributed by atoms with Gasteiger partial charge in [0.15, 0.2) is 0 Å². The molecule has 0 radical (unpaired) electrons. The van der Waals surface area contributed by atoms with E-state index in [1.165, 1.54) is 11.3 Å². The number of ether oxygens (including phenoxy) is 1. The number of alkyl carbamates (subject to hydrolysis) is 1. The molecule has 0 bridgehead atoms. The minimum Gasteiger partial charge on any atom is -0.444 e. The molecule has 1 amide bonds. The molecule has 1 N–H and O–H groups in total. The molecule has 0 spiro atoms. The highest BCUT2D eigenvalue weighted by Crippen LogP contribution is 2.32. The van der Waals surface area contributed by atoms with E-state index in [0.29, 0.717) is 5.69 Å². The monoisotopic (exact) mass is 432 g/mol. The fourth-order valence-electron chi connectivity index (χ4n) is 2.74. The number of rotatable bonds is 5. The molecule has 3 aromatic rings. The largest absolute Gasteiger partial charge is 0.444 e. The molecule has 10 heteroatoms. The average Bonchev–Trinajstić information content (AvgIpc) is 3.27. The van der Waals surface area contributed by atoms with Crippen molar-refractivity contribution in [3.63, 3.8) is 0 Å². The molecule has 8 nitrogen and oxygen atoms in total. The molecule has 0 fully saturated rings. The molecule has 0 aromatic carbocycles. The molecule has 0 aliphatic rings. The third-order valence-electron chi connectivity index (χ3n) is 4.16.